The topological polar surface area (TPSA) is 29.9 Å². The quantitative estimate of drug-likeness (QED) is 0.909. The van der Waals surface area contributed by atoms with Gasteiger partial charge in [-0.15, -0.1) is 0 Å². The van der Waals surface area contributed by atoms with Gasteiger partial charge in [0.1, 0.15) is 0 Å². The van der Waals surface area contributed by atoms with Crippen molar-refractivity contribution in [3.05, 3.63) is 52.3 Å². The number of nitrogens with zero attached hydrogens (tertiary/aromatic N) is 2. The molecule has 0 radical (unpaired) electrons. The standard InChI is InChI=1S/C15H20ClN3/c1-4-17-15(14-10-19(3)18-11(14)2)9-12-5-7-13(16)8-6-12/h5-8,10,15,17H,4,9H2,1-3H3. The van der Waals surface area contributed by atoms with Gasteiger partial charge < -0.3 is 5.32 Å². The molecule has 1 aromatic carbocycles. The summed E-state index contributed by atoms with van der Waals surface area (Å²) in [6.07, 6.45) is 3.04. The number of hydrogen-bond acceptors (Lipinski definition) is 2. The van der Waals surface area contributed by atoms with Gasteiger partial charge in [0.2, 0.25) is 0 Å². The van der Waals surface area contributed by atoms with Crippen LogP contribution in [0.25, 0.3) is 0 Å². The lowest BCUT2D eigenvalue weighted by Crippen LogP contribution is -2.23. The third kappa shape index (κ3) is 3.58. The number of rotatable bonds is 5. The van der Waals surface area contributed by atoms with Crippen LogP contribution in [0.3, 0.4) is 0 Å². The molecule has 0 fully saturated rings. The number of hydrogen-bond donors (Lipinski definition) is 1. The Kier molecular flexibility index (Phi) is 4.61. The molecule has 1 unspecified atom stereocenters. The summed E-state index contributed by atoms with van der Waals surface area (Å²) in [7, 11) is 1.96. The van der Waals surface area contributed by atoms with Crippen LogP contribution in [0.15, 0.2) is 30.5 Å². The zero-order chi connectivity index (χ0) is 13.8. The van der Waals surface area contributed by atoms with E-state index in [0.717, 1.165) is 23.7 Å². The molecule has 0 saturated carbocycles. The van der Waals surface area contributed by atoms with Crippen molar-refractivity contribution in [3.8, 4) is 0 Å². The fourth-order valence-electron chi connectivity index (χ4n) is 2.35. The van der Waals surface area contributed by atoms with E-state index in [1.54, 1.807) is 0 Å². The number of likely N-dealkylation sites (N-methyl/N-ethyl adjacent to an activating group) is 1. The van der Waals surface area contributed by atoms with Gasteiger partial charge in [-0.05, 0) is 37.6 Å². The number of nitrogens with one attached hydrogen (secondary N) is 1. The highest BCUT2D eigenvalue weighted by atomic mass is 35.5. The second-order valence-corrected chi connectivity index (χ2v) is 5.22. The average molecular weight is 278 g/mol. The smallest absolute Gasteiger partial charge is 0.0641 e. The maximum absolute atomic E-state index is 5.93. The van der Waals surface area contributed by atoms with Crippen LogP contribution in [0, 0.1) is 6.92 Å². The molecule has 0 spiro atoms. The molecule has 4 heteroatoms. The molecule has 0 aliphatic heterocycles. The highest BCUT2D eigenvalue weighted by molar-refractivity contribution is 6.30. The minimum Gasteiger partial charge on any atom is -0.310 e. The molecule has 0 saturated heterocycles. The summed E-state index contributed by atoms with van der Waals surface area (Å²) < 4.78 is 1.87. The molecule has 102 valence electrons. The molecule has 2 aromatic rings. The van der Waals surface area contributed by atoms with E-state index in [2.05, 4.69) is 42.6 Å². The van der Waals surface area contributed by atoms with Crippen molar-refractivity contribution in [1.29, 1.82) is 0 Å². The van der Waals surface area contributed by atoms with Crippen molar-refractivity contribution < 1.29 is 0 Å². The van der Waals surface area contributed by atoms with Crippen molar-refractivity contribution in [1.82, 2.24) is 15.1 Å². The average Bonchev–Trinajstić information content (AvgIpc) is 2.71. The van der Waals surface area contributed by atoms with Crippen molar-refractivity contribution >= 4 is 11.6 Å². The highest BCUT2D eigenvalue weighted by Crippen LogP contribution is 2.21. The monoisotopic (exact) mass is 277 g/mol. The first-order valence-corrected chi connectivity index (χ1v) is 6.96. The Balaban J connectivity index is 2.20. The summed E-state index contributed by atoms with van der Waals surface area (Å²) in [6.45, 7) is 5.12. The minimum absolute atomic E-state index is 0.292. The maximum atomic E-state index is 5.93. The number of benzene rings is 1. The molecule has 3 nitrogen and oxygen atoms in total. The van der Waals surface area contributed by atoms with Gasteiger partial charge in [-0.25, -0.2) is 0 Å². The van der Waals surface area contributed by atoms with Crippen LogP contribution in [-0.4, -0.2) is 16.3 Å². The Hall–Kier alpha value is -1.32. The molecule has 2 rings (SSSR count). The SMILES string of the molecule is CCNC(Cc1ccc(Cl)cc1)c1cn(C)nc1C. The molecular formula is C15H20ClN3. The largest absolute Gasteiger partial charge is 0.310 e. The van der Waals surface area contributed by atoms with Crippen LogP contribution >= 0.6 is 11.6 Å². The van der Waals surface area contributed by atoms with Gasteiger partial charge in [0.15, 0.2) is 0 Å². The summed E-state index contributed by atoms with van der Waals surface area (Å²) in [6, 6.07) is 8.34. The number of aryl methyl sites for hydroxylation is 2. The Bertz CT molecular complexity index is 531. The van der Waals surface area contributed by atoms with Gasteiger partial charge in [-0.1, -0.05) is 30.7 Å². The lowest BCUT2D eigenvalue weighted by atomic mass is 9.99. The zero-order valence-corrected chi connectivity index (χ0v) is 12.4. The van der Waals surface area contributed by atoms with Crippen LogP contribution in [-0.2, 0) is 13.5 Å². The van der Waals surface area contributed by atoms with E-state index in [-0.39, 0.29) is 0 Å². The van der Waals surface area contributed by atoms with E-state index in [9.17, 15) is 0 Å². The van der Waals surface area contributed by atoms with Gasteiger partial charge in [-0.2, -0.15) is 5.10 Å². The third-order valence-electron chi connectivity index (χ3n) is 3.23. The number of aromatic nitrogens is 2. The second-order valence-electron chi connectivity index (χ2n) is 4.78. The van der Waals surface area contributed by atoms with E-state index in [1.807, 2.05) is 23.9 Å². The zero-order valence-electron chi connectivity index (χ0n) is 11.7. The molecule has 1 N–H and O–H groups in total. The van der Waals surface area contributed by atoms with E-state index in [0.29, 0.717) is 6.04 Å². The Morgan fingerprint density at radius 1 is 1.32 bits per heavy atom. The first-order valence-electron chi connectivity index (χ1n) is 6.58. The van der Waals surface area contributed by atoms with Crippen LogP contribution in [0.2, 0.25) is 5.02 Å². The summed E-state index contributed by atoms with van der Waals surface area (Å²) in [5.74, 6) is 0. The molecule has 1 heterocycles. The van der Waals surface area contributed by atoms with Crippen LogP contribution < -0.4 is 5.32 Å². The molecule has 0 aliphatic rings. The highest BCUT2D eigenvalue weighted by Gasteiger charge is 2.16. The van der Waals surface area contributed by atoms with E-state index in [4.69, 9.17) is 11.6 Å². The minimum atomic E-state index is 0.292. The summed E-state index contributed by atoms with van der Waals surface area (Å²) in [5, 5.41) is 8.73. The molecule has 0 bridgehead atoms. The summed E-state index contributed by atoms with van der Waals surface area (Å²) in [4.78, 5) is 0. The van der Waals surface area contributed by atoms with E-state index in [1.165, 1.54) is 11.1 Å². The van der Waals surface area contributed by atoms with Gasteiger partial charge in [-0.3, -0.25) is 4.68 Å². The fraction of sp³-hybridized carbons (Fsp3) is 0.400. The van der Waals surface area contributed by atoms with Gasteiger partial charge >= 0.3 is 0 Å². The van der Waals surface area contributed by atoms with E-state index >= 15 is 0 Å². The molecule has 1 atom stereocenters. The molecular weight excluding hydrogens is 258 g/mol. The van der Waals surface area contributed by atoms with Gasteiger partial charge in [0, 0.05) is 29.9 Å². The lowest BCUT2D eigenvalue weighted by molar-refractivity contribution is 0.547. The first-order chi connectivity index (χ1) is 9.10. The van der Waals surface area contributed by atoms with Crippen molar-refractivity contribution in [2.24, 2.45) is 7.05 Å². The van der Waals surface area contributed by atoms with Gasteiger partial charge in [0.05, 0.1) is 5.69 Å². The summed E-state index contributed by atoms with van der Waals surface area (Å²) >= 11 is 5.93. The van der Waals surface area contributed by atoms with Gasteiger partial charge in [0.25, 0.3) is 0 Å². The van der Waals surface area contributed by atoms with Crippen molar-refractivity contribution in [3.63, 3.8) is 0 Å². The number of halogens is 1. The Labute approximate surface area is 119 Å². The van der Waals surface area contributed by atoms with Crippen LogP contribution in [0.5, 0.6) is 0 Å². The van der Waals surface area contributed by atoms with E-state index < -0.39 is 0 Å². The first kappa shape index (κ1) is 14.1. The van der Waals surface area contributed by atoms with Crippen molar-refractivity contribution in [2.75, 3.05) is 6.54 Å². The summed E-state index contributed by atoms with van der Waals surface area (Å²) in [5.41, 5.74) is 3.63. The fourth-order valence-corrected chi connectivity index (χ4v) is 2.48. The predicted octanol–water partition coefficient (Wildman–Crippen LogP) is 3.28. The van der Waals surface area contributed by atoms with Crippen LogP contribution in [0.1, 0.15) is 29.8 Å². The molecule has 1 aromatic heterocycles. The molecule has 19 heavy (non-hydrogen) atoms. The third-order valence-corrected chi connectivity index (χ3v) is 3.48. The van der Waals surface area contributed by atoms with Crippen molar-refractivity contribution in [2.45, 2.75) is 26.3 Å². The Morgan fingerprint density at radius 2 is 2.00 bits per heavy atom. The predicted molar refractivity (Wildman–Crippen MR) is 79.5 cm³/mol. The maximum Gasteiger partial charge on any atom is 0.0641 e. The lowest BCUT2D eigenvalue weighted by Gasteiger charge is -2.17. The molecule has 0 aliphatic carbocycles. The second kappa shape index (κ2) is 6.22. The molecule has 0 amide bonds. The Morgan fingerprint density at radius 3 is 2.53 bits per heavy atom. The van der Waals surface area contributed by atoms with Crippen LogP contribution in [0.4, 0.5) is 0 Å². The normalized spacial score (nSPS) is 12.6.